The minimum Gasteiger partial charge on any atom is -0.465 e. The van der Waals surface area contributed by atoms with Crippen LogP contribution >= 0.6 is 11.3 Å². The number of carbonyl (C=O) groups excluding carboxylic acids is 1. The molecule has 1 atom stereocenters. The number of thiazole rings is 1. The lowest BCUT2D eigenvalue weighted by molar-refractivity contribution is -0.145. The van der Waals surface area contributed by atoms with Crippen molar-refractivity contribution in [3.05, 3.63) is 10.6 Å². The molecule has 1 aromatic heterocycles. The van der Waals surface area contributed by atoms with E-state index in [-0.39, 0.29) is 17.3 Å². The Kier molecular flexibility index (Phi) is 4.91. The molecule has 0 saturated carbocycles. The van der Waals surface area contributed by atoms with Crippen LogP contribution in [0.5, 0.6) is 0 Å². The first-order valence-corrected chi connectivity index (χ1v) is 8.51. The van der Waals surface area contributed by atoms with Gasteiger partial charge in [0.05, 0.1) is 12.3 Å². The van der Waals surface area contributed by atoms with Gasteiger partial charge in [0, 0.05) is 18.5 Å². The second-order valence-electron chi connectivity index (χ2n) is 6.92. The summed E-state index contributed by atoms with van der Waals surface area (Å²) < 4.78 is 5.20. The lowest BCUT2D eigenvalue weighted by Crippen LogP contribution is -2.29. The highest BCUT2D eigenvalue weighted by molar-refractivity contribution is 7.15. The van der Waals surface area contributed by atoms with E-state index in [9.17, 15) is 4.79 Å². The Labute approximate surface area is 131 Å². The molecule has 0 aromatic carbocycles. The predicted octanol–water partition coefficient (Wildman–Crippen LogP) is 3.61. The molecule has 0 fully saturated rings. The third kappa shape index (κ3) is 3.96. The molecule has 1 aliphatic carbocycles. The standard InChI is InChI=1S/C16H26N2O2S/c1-6-20-14(19)11-8-7-9-12-13(11)17-15(21-12)18(5)10-16(2,3)4/h11H,6-10H2,1-5H3. The molecule has 1 aliphatic rings. The maximum absolute atomic E-state index is 12.1. The molecule has 0 bridgehead atoms. The lowest BCUT2D eigenvalue weighted by atomic mass is 9.91. The molecule has 0 spiro atoms. The Morgan fingerprint density at radius 3 is 2.81 bits per heavy atom. The highest BCUT2D eigenvalue weighted by Crippen LogP contribution is 2.38. The third-order valence-corrected chi connectivity index (χ3v) is 4.80. The molecule has 0 radical (unpaired) electrons. The van der Waals surface area contributed by atoms with Crippen molar-refractivity contribution >= 4 is 22.4 Å². The fraction of sp³-hybridized carbons (Fsp3) is 0.750. The molecule has 21 heavy (non-hydrogen) atoms. The molecule has 1 unspecified atom stereocenters. The largest absolute Gasteiger partial charge is 0.465 e. The zero-order valence-corrected chi connectivity index (χ0v) is 14.5. The van der Waals surface area contributed by atoms with Crippen LogP contribution in [0.2, 0.25) is 0 Å². The number of aryl methyl sites for hydroxylation is 1. The van der Waals surface area contributed by atoms with Gasteiger partial charge in [0.25, 0.3) is 0 Å². The summed E-state index contributed by atoms with van der Waals surface area (Å²) in [5, 5.41) is 1.02. The van der Waals surface area contributed by atoms with E-state index in [1.165, 1.54) is 4.88 Å². The number of esters is 1. The smallest absolute Gasteiger partial charge is 0.315 e. The molecule has 2 rings (SSSR count). The highest BCUT2D eigenvalue weighted by Gasteiger charge is 2.32. The fourth-order valence-corrected chi connectivity index (χ4v) is 3.94. The first-order valence-electron chi connectivity index (χ1n) is 7.69. The summed E-state index contributed by atoms with van der Waals surface area (Å²) in [4.78, 5) is 20.3. The predicted molar refractivity (Wildman–Crippen MR) is 87.2 cm³/mol. The first kappa shape index (κ1) is 16.3. The number of ether oxygens (including phenoxy) is 1. The van der Waals surface area contributed by atoms with Gasteiger partial charge in [0.1, 0.15) is 5.92 Å². The van der Waals surface area contributed by atoms with Crippen molar-refractivity contribution in [1.82, 2.24) is 4.98 Å². The molecule has 0 amide bonds. The number of fused-ring (bicyclic) bond motifs is 1. The molecule has 4 nitrogen and oxygen atoms in total. The van der Waals surface area contributed by atoms with Gasteiger partial charge in [0.2, 0.25) is 0 Å². The van der Waals surface area contributed by atoms with Crippen molar-refractivity contribution in [3.63, 3.8) is 0 Å². The van der Waals surface area contributed by atoms with E-state index in [1.54, 1.807) is 11.3 Å². The van der Waals surface area contributed by atoms with Gasteiger partial charge in [-0.2, -0.15) is 0 Å². The van der Waals surface area contributed by atoms with Crippen LogP contribution < -0.4 is 4.90 Å². The molecule has 1 heterocycles. The number of hydrogen-bond acceptors (Lipinski definition) is 5. The van der Waals surface area contributed by atoms with Crippen molar-refractivity contribution in [2.75, 3.05) is 25.1 Å². The van der Waals surface area contributed by atoms with Crippen LogP contribution in [0.4, 0.5) is 5.13 Å². The monoisotopic (exact) mass is 310 g/mol. The van der Waals surface area contributed by atoms with Crippen LogP contribution in [-0.4, -0.2) is 31.2 Å². The van der Waals surface area contributed by atoms with E-state index < -0.39 is 0 Å². The van der Waals surface area contributed by atoms with E-state index in [0.29, 0.717) is 6.61 Å². The van der Waals surface area contributed by atoms with Crippen molar-refractivity contribution in [2.24, 2.45) is 5.41 Å². The average Bonchev–Trinajstić information content (AvgIpc) is 2.80. The van der Waals surface area contributed by atoms with Crippen molar-refractivity contribution in [3.8, 4) is 0 Å². The van der Waals surface area contributed by atoms with Crippen LogP contribution in [0.25, 0.3) is 0 Å². The van der Waals surface area contributed by atoms with Crippen molar-refractivity contribution in [1.29, 1.82) is 0 Å². The number of nitrogens with zero attached hydrogens (tertiary/aromatic N) is 2. The van der Waals surface area contributed by atoms with Crippen molar-refractivity contribution in [2.45, 2.75) is 52.9 Å². The average molecular weight is 310 g/mol. The van der Waals surface area contributed by atoms with Gasteiger partial charge >= 0.3 is 5.97 Å². The fourth-order valence-electron chi connectivity index (χ4n) is 2.82. The Morgan fingerprint density at radius 1 is 1.48 bits per heavy atom. The van der Waals surface area contributed by atoms with Gasteiger partial charge < -0.3 is 9.64 Å². The molecule has 5 heteroatoms. The molecular weight excluding hydrogens is 284 g/mol. The maximum atomic E-state index is 12.1. The van der Waals surface area contributed by atoms with Crippen LogP contribution in [0, 0.1) is 5.41 Å². The number of carbonyl (C=O) groups is 1. The Hall–Kier alpha value is -1.10. The molecule has 0 N–H and O–H groups in total. The minimum atomic E-state index is -0.165. The minimum absolute atomic E-state index is 0.117. The second kappa shape index (κ2) is 6.34. The summed E-state index contributed by atoms with van der Waals surface area (Å²) in [5.74, 6) is -0.282. The molecular formula is C16H26N2O2S. The molecule has 0 aliphatic heterocycles. The van der Waals surface area contributed by atoms with Crippen LogP contribution in [0.3, 0.4) is 0 Å². The molecule has 0 saturated heterocycles. The summed E-state index contributed by atoms with van der Waals surface area (Å²) >= 11 is 1.73. The zero-order valence-electron chi connectivity index (χ0n) is 13.7. The summed E-state index contributed by atoms with van der Waals surface area (Å²) in [6, 6.07) is 0. The SMILES string of the molecule is CCOC(=O)C1CCCc2sc(N(C)CC(C)(C)C)nc21. The second-order valence-corrected chi connectivity index (χ2v) is 7.98. The maximum Gasteiger partial charge on any atom is 0.315 e. The topological polar surface area (TPSA) is 42.4 Å². The van der Waals surface area contributed by atoms with Gasteiger partial charge in [-0.05, 0) is 31.6 Å². The van der Waals surface area contributed by atoms with Gasteiger partial charge in [-0.15, -0.1) is 11.3 Å². The Bertz CT molecular complexity index is 505. The Morgan fingerprint density at radius 2 is 2.19 bits per heavy atom. The highest BCUT2D eigenvalue weighted by atomic mass is 32.1. The van der Waals surface area contributed by atoms with Crippen LogP contribution in [0.15, 0.2) is 0 Å². The number of anilines is 1. The van der Waals surface area contributed by atoms with E-state index in [2.05, 4.69) is 32.7 Å². The van der Waals surface area contributed by atoms with E-state index in [0.717, 1.165) is 36.6 Å². The van der Waals surface area contributed by atoms with Gasteiger partial charge in [-0.25, -0.2) is 4.98 Å². The van der Waals surface area contributed by atoms with E-state index in [1.807, 2.05) is 6.92 Å². The summed E-state index contributed by atoms with van der Waals surface area (Å²) in [5.41, 5.74) is 1.18. The zero-order chi connectivity index (χ0) is 15.6. The summed E-state index contributed by atoms with van der Waals surface area (Å²) in [7, 11) is 2.08. The normalized spacial score (nSPS) is 18.2. The summed E-state index contributed by atoms with van der Waals surface area (Å²) in [6.07, 6.45) is 2.94. The number of rotatable bonds is 4. The quantitative estimate of drug-likeness (QED) is 0.797. The van der Waals surface area contributed by atoms with Gasteiger partial charge in [-0.3, -0.25) is 4.79 Å². The first-order chi connectivity index (χ1) is 9.81. The molecule has 118 valence electrons. The third-order valence-electron chi connectivity index (χ3n) is 3.55. The van der Waals surface area contributed by atoms with E-state index >= 15 is 0 Å². The van der Waals surface area contributed by atoms with Gasteiger partial charge in [-0.1, -0.05) is 20.8 Å². The Balaban J connectivity index is 2.20. The van der Waals surface area contributed by atoms with E-state index in [4.69, 9.17) is 9.72 Å². The lowest BCUT2D eigenvalue weighted by Gasteiger charge is -2.26. The van der Waals surface area contributed by atoms with Crippen LogP contribution in [0.1, 0.15) is 57.0 Å². The van der Waals surface area contributed by atoms with Crippen molar-refractivity contribution < 1.29 is 9.53 Å². The van der Waals surface area contributed by atoms with Crippen LogP contribution in [-0.2, 0) is 16.0 Å². The number of aromatic nitrogens is 1. The summed E-state index contributed by atoms with van der Waals surface area (Å²) in [6.45, 7) is 9.90. The molecule has 1 aromatic rings. The van der Waals surface area contributed by atoms with Gasteiger partial charge in [0.15, 0.2) is 5.13 Å². The number of hydrogen-bond donors (Lipinski definition) is 0.